The van der Waals surface area contributed by atoms with E-state index in [4.69, 9.17) is 4.84 Å². The Bertz CT molecular complexity index is 1310. The Morgan fingerprint density at radius 1 is 1.00 bits per heavy atom. The molecule has 7 heteroatoms. The van der Waals surface area contributed by atoms with Gasteiger partial charge in [-0.1, -0.05) is 47.6 Å². The maximum Gasteiger partial charge on any atom is 0.269 e. The molecular weight excluding hydrogens is 450 g/mol. The van der Waals surface area contributed by atoms with Gasteiger partial charge in [-0.05, 0) is 54.3 Å². The van der Waals surface area contributed by atoms with Crippen molar-refractivity contribution in [3.8, 4) is 11.1 Å². The number of carbonyl (C=O) groups is 2. The summed E-state index contributed by atoms with van der Waals surface area (Å²) >= 11 is 0. The molecular formula is C28H26F2N2O3. The van der Waals surface area contributed by atoms with Gasteiger partial charge in [0.15, 0.2) is 5.78 Å². The van der Waals surface area contributed by atoms with Crippen LogP contribution in [-0.2, 0) is 16.1 Å². The van der Waals surface area contributed by atoms with E-state index in [1.165, 1.54) is 11.0 Å². The molecule has 1 unspecified atom stereocenters. The normalized spacial score (nSPS) is 17.0. The van der Waals surface area contributed by atoms with Crippen molar-refractivity contribution in [3.05, 3.63) is 94.6 Å². The lowest BCUT2D eigenvalue weighted by Crippen LogP contribution is -2.44. The number of nitrogens with zero attached hydrogens (tertiary/aromatic N) is 2. The van der Waals surface area contributed by atoms with Gasteiger partial charge in [-0.25, -0.2) is 8.78 Å². The van der Waals surface area contributed by atoms with Crippen LogP contribution in [0.25, 0.3) is 11.1 Å². The molecule has 0 radical (unpaired) electrons. The van der Waals surface area contributed by atoms with Crippen LogP contribution in [-0.4, -0.2) is 42.0 Å². The van der Waals surface area contributed by atoms with Crippen molar-refractivity contribution in [2.24, 2.45) is 5.16 Å². The molecule has 1 heterocycles. The van der Waals surface area contributed by atoms with Gasteiger partial charge >= 0.3 is 0 Å². The summed E-state index contributed by atoms with van der Waals surface area (Å²) in [4.78, 5) is 32.0. The molecule has 0 saturated carbocycles. The Morgan fingerprint density at radius 3 is 2.26 bits per heavy atom. The van der Waals surface area contributed by atoms with Gasteiger partial charge in [-0.3, -0.25) is 9.59 Å². The number of halogens is 2. The Kier molecular flexibility index (Phi) is 6.52. The number of aryl methyl sites for hydroxylation is 1. The van der Waals surface area contributed by atoms with Crippen molar-refractivity contribution >= 4 is 17.4 Å². The maximum absolute atomic E-state index is 13.9. The first kappa shape index (κ1) is 24.3. The molecule has 0 aliphatic carbocycles. The van der Waals surface area contributed by atoms with E-state index in [0.29, 0.717) is 17.7 Å². The molecule has 0 N–H and O–H groups in total. The van der Waals surface area contributed by atoms with E-state index < -0.39 is 28.6 Å². The number of Topliss-reactive ketones (excluding diaryl/α,β-unsaturated/α-hetero) is 1. The summed E-state index contributed by atoms with van der Waals surface area (Å²) in [7, 11) is 3.37. The molecule has 0 bridgehead atoms. The standard InChI is InChI=1S/C28H26F2N2O3/c1-17-8-11-20(24-16-28(2,35-31-24)27(34)32(3)4)15-21(17)19-12-9-18(10-13-19)14-25(33)26-22(29)6-5-7-23(26)30/h5-13,15H,14,16H2,1-4H3. The SMILES string of the molecule is Cc1ccc(C2=NOC(C)(C(=O)N(C)C)C2)cc1-c1ccc(CC(=O)c2c(F)cccc2F)cc1. The number of amides is 1. The number of oxime groups is 1. The molecule has 0 saturated heterocycles. The van der Waals surface area contributed by atoms with Crippen LogP contribution in [0.3, 0.4) is 0 Å². The lowest BCUT2D eigenvalue weighted by atomic mass is 9.91. The first-order valence-electron chi connectivity index (χ1n) is 11.2. The minimum atomic E-state index is -1.03. The molecule has 180 valence electrons. The second-order valence-electron chi connectivity index (χ2n) is 9.16. The van der Waals surface area contributed by atoms with Gasteiger partial charge in [-0.2, -0.15) is 0 Å². The third kappa shape index (κ3) is 4.85. The van der Waals surface area contributed by atoms with E-state index in [-0.39, 0.29) is 12.3 Å². The molecule has 1 aliphatic heterocycles. The highest BCUT2D eigenvalue weighted by Gasteiger charge is 2.43. The highest BCUT2D eigenvalue weighted by molar-refractivity contribution is 6.06. The van der Waals surface area contributed by atoms with E-state index in [2.05, 4.69) is 5.16 Å². The van der Waals surface area contributed by atoms with Crippen molar-refractivity contribution in [3.63, 3.8) is 0 Å². The number of rotatable bonds is 6. The van der Waals surface area contributed by atoms with Crippen molar-refractivity contribution in [1.82, 2.24) is 4.90 Å². The minimum Gasteiger partial charge on any atom is -0.379 e. The van der Waals surface area contributed by atoms with Crippen molar-refractivity contribution in [1.29, 1.82) is 0 Å². The van der Waals surface area contributed by atoms with Gasteiger partial charge in [0.25, 0.3) is 5.91 Å². The molecule has 0 fully saturated rings. The van der Waals surface area contributed by atoms with Crippen LogP contribution in [0.5, 0.6) is 0 Å². The maximum atomic E-state index is 13.9. The summed E-state index contributed by atoms with van der Waals surface area (Å²) in [6.45, 7) is 3.72. The largest absolute Gasteiger partial charge is 0.379 e. The average Bonchev–Trinajstić information content (AvgIpc) is 3.22. The summed E-state index contributed by atoms with van der Waals surface area (Å²) in [5.41, 5.74) is 3.59. The number of hydrogen-bond acceptors (Lipinski definition) is 4. The van der Waals surface area contributed by atoms with Gasteiger partial charge in [0, 0.05) is 32.5 Å². The van der Waals surface area contributed by atoms with Crippen LogP contribution in [0, 0.1) is 18.6 Å². The second kappa shape index (κ2) is 9.41. The fraction of sp³-hybridized carbons (Fsp3) is 0.250. The molecule has 1 amide bonds. The Morgan fingerprint density at radius 2 is 1.63 bits per heavy atom. The number of likely N-dealkylation sites (N-methyl/N-ethyl adjacent to an activating group) is 1. The summed E-state index contributed by atoms with van der Waals surface area (Å²) in [5.74, 6) is -2.48. The zero-order valence-corrected chi connectivity index (χ0v) is 20.1. The molecule has 0 spiro atoms. The third-order valence-electron chi connectivity index (χ3n) is 6.16. The number of hydrogen-bond donors (Lipinski definition) is 0. The zero-order chi connectivity index (χ0) is 25.3. The first-order valence-corrected chi connectivity index (χ1v) is 11.2. The van der Waals surface area contributed by atoms with E-state index in [1.807, 2.05) is 37.3 Å². The highest BCUT2D eigenvalue weighted by Crippen LogP contribution is 2.31. The second-order valence-corrected chi connectivity index (χ2v) is 9.16. The molecule has 35 heavy (non-hydrogen) atoms. The molecule has 0 aromatic heterocycles. The van der Waals surface area contributed by atoms with Crippen molar-refractivity contribution in [2.45, 2.75) is 32.3 Å². The Balaban J connectivity index is 1.54. The van der Waals surface area contributed by atoms with Gasteiger partial charge in [0.1, 0.15) is 11.6 Å². The quantitative estimate of drug-likeness (QED) is 0.452. The van der Waals surface area contributed by atoms with Crippen LogP contribution in [0.4, 0.5) is 8.78 Å². The smallest absolute Gasteiger partial charge is 0.269 e. The van der Waals surface area contributed by atoms with E-state index >= 15 is 0 Å². The average molecular weight is 477 g/mol. The molecule has 4 rings (SSSR count). The lowest BCUT2D eigenvalue weighted by molar-refractivity contribution is -0.150. The summed E-state index contributed by atoms with van der Waals surface area (Å²) < 4.78 is 27.9. The summed E-state index contributed by atoms with van der Waals surface area (Å²) in [6, 6.07) is 16.6. The molecule has 5 nitrogen and oxygen atoms in total. The zero-order valence-electron chi connectivity index (χ0n) is 20.1. The van der Waals surface area contributed by atoms with E-state index in [1.54, 1.807) is 33.2 Å². The number of ketones is 1. The molecule has 3 aromatic rings. The van der Waals surface area contributed by atoms with Crippen LogP contribution in [0.1, 0.15) is 40.4 Å². The van der Waals surface area contributed by atoms with E-state index in [9.17, 15) is 18.4 Å². The van der Waals surface area contributed by atoms with Crippen LogP contribution >= 0.6 is 0 Å². The van der Waals surface area contributed by atoms with Gasteiger partial charge in [-0.15, -0.1) is 0 Å². The van der Waals surface area contributed by atoms with Gasteiger partial charge < -0.3 is 9.74 Å². The van der Waals surface area contributed by atoms with Gasteiger partial charge in [0.2, 0.25) is 5.60 Å². The monoisotopic (exact) mass is 476 g/mol. The van der Waals surface area contributed by atoms with Crippen molar-refractivity contribution < 1.29 is 23.2 Å². The molecule has 1 atom stereocenters. The highest BCUT2D eigenvalue weighted by atomic mass is 19.1. The fourth-order valence-corrected chi connectivity index (χ4v) is 4.23. The van der Waals surface area contributed by atoms with Gasteiger partial charge in [0.05, 0.1) is 11.3 Å². The summed E-state index contributed by atoms with van der Waals surface area (Å²) in [6.07, 6.45) is 0.254. The Labute approximate surface area is 203 Å². The molecule has 3 aromatic carbocycles. The van der Waals surface area contributed by atoms with E-state index in [0.717, 1.165) is 34.4 Å². The number of carbonyl (C=O) groups excluding carboxylic acids is 2. The predicted octanol–water partition coefficient (Wildman–Crippen LogP) is 5.34. The Hall–Kier alpha value is -3.87. The van der Waals surface area contributed by atoms with Crippen LogP contribution in [0.2, 0.25) is 0 Å². The molecule has 1 aliphatic rings. The van der Waals surface area contributed by atoms with Crippen molar-refractivity contribution in [2.75, 3.05) is 14.1 Å². The predicted molar refractivity (Wildman–Crippen MR) is 130 cm³/mol. The van der Waals surface area contributed by atoms with Crippen LogP contribution in [0.15, 0.2) is 65.8 Å². The van der Waals surface area contributed by atoms with Crippen LogP contribution < -0.4 is 0 Å². The minimum absolute atomic E-state index is 0.107. The topological polar surface area (TPSA) is 59.0 Å². The fourth-order valence-electron chi connectivity index (χ4n) is 4.23. The lowest BCUT2D eigenvalue weighted by Gasteiger charge is -2.23. The first-order chi connectivity index (χ1) is 16.6. The third-order valence-corrected chi connectivity index (χ3v) is 6.16. The summed E-state index contributed by atoms with van der Waals surface area (Å²) in [5, 5.41) is 4.19. The number of benzene rings is 3.